The van der Waals surface area contributed by atoms with Gasteiger partial charge in [0.05, 0.1) is 18.0 Å². The quantitative estimate of drug-likeness (QED) is 0.678. The summed E-state index contributed by atoms with van der Waals surface area (Å²) in [6.45, 7) is 7.63. The Morgan fingerprint density at radius 2 is 2.07 bits per heavy atom. The van der Waals surface area contributed by atoms with Crippen molar-refractivity contribution in [2.45, 2.75) is 6.54 Å². The Morgan fingerprint density at radius 3 is 2.78 bits per heavy atom. The number of hydrogen-bond acceptors (Lipinski definition) is 8. The minimum absolute atomic E-state index is 0.193. The van der Waals surface area contributed by atoms with Gasteiger partial charge in [-0.15, -0.1) is 17.9 Å². The van der Waals surface area contributed by atoms with Gasteiger partial charge in [0, 0.05) is 32.7 Å². The van der Waals surface area contributed by atoms with Gasteiger partial charge in [-0.05, 0) is 11.4 Å². The first kappa shape index (κ1) is 19.2. The van der Waals surface area contributed by atoms with E-state index < -0.39 is 6.03 Å². The van der Waals surface area contributed by atoms with Gasteiger partial charge < -0.3 is 9.84 Å². The number of carbonyl (C=O) groups is 2. The number of aromatic nitrogens is 2. The van der Waals surface area contributed by atoms with Crippen LogP contribution in [-0.4, -0.2) is 71.1 Å². The molecule has 9 nitrogen and oxygen atoms in total. The Bertz CT molecular complexity index is 767. The van der Waals surface area contributed by atoms with Crippen molar-refractivity contribution in [2.75, 3.05) is 39.3 Å². The lowest BCUT2D eigenvalue weighted by molar-refractivity contribution is -0.121. The number of nitrogens with one attached hydrogen (secondary N) is 2. The highest BCUT2D eigenvalue weighted by Crippen LogP contribution is 2.21. The first-order valence-corrected chi connectivity index (χ1v) is 9.52. The number of rotatable bonds is 7. The number of imide groups is 1. The fourth-order valence-electron chi connectivity index (χ4n) is 2.70. The zero-order chi connectivity index (χ0) is 19.1. The molecule has 10 heteroatoms. The van der Waals surface area contributed by atoms with Crippen LogP contribution in [0.15, 0.2) is 34.7 Å². The molecule has 2 aromatic rings. The minimum Gasteiger partial charge on any atom is -0.338 e. The maximum absolute atomic E-state index is 11.9. The molecule has 0 unspecified atom stereocenters. The van der Waals surface area contributed by atoms with Crippen molar-refractivity contribution in [3.05, 3.63) is 36.1 Å². The summed E-state index contributed by atoms with van der Waals surface area (Å²) in [5.41, 5.74) is 0. The van der Waals surface area contributed by atoms with Crippen LogP contribution < -0.4 is 10.6 Å². The second kappa shape index (κ2) is 9.40. The predicted molar refractivity (Wildman–Crippen MR) is 101 cm³/mol. The third-order valence-corrected chi connectivity index (χ3v) is 4.93. The molecule has 0 atom stereocenters. The number of carbonyl (C=O) groups excluding carboxylic acids is 2. The van der Waals surface area contributed by atoms with E-state index in [2.05, 4.69) is 32.3 Å². The van der Waals surface area contributed by atoms with Crippen molar-refractivity contribution in [1.29, 1.82) is 0 Å². The van der Waals surface area contributed by atoms with Crippen LogP contribution in [0.1, 0.15) is 5.89 Å². The summed E-state index contributed by atoms with van der Waals surface area (Å²) in [6.07, 6.45) is 1.55. The molecule has 0 aliphatic carbocycles. The summed E-state index contributed by atoms with van der Waals surface area (Å²) in [7, 11) is 0. The van der Waals surface area contributed by atoms with Crippen LogP contribution in [0, 0.1) is 0 Å². The van der Waals surface area contributed by atoms with Crippen molar-refractivity contribution in [3.63, 3.8) is 0 Å². The molecule has 27 heavy (non-hydrogen) atoms. The van der Waals surface area contributed by atoms with Crippen LogP contribution in [0.25, 0.3) is 10.7 Å². The van der Waals surface area contributed by atoms with Crippen molar-refractivity contribution in [1.82, 2.24) is 30.6 Å². The molecule has 3 amide bonds. The lowest BCUT2D eigenvalue weighted by Gasteiger charge is -2.33. The molecule has 3 heterocycles. The zero-order valence-electron chi connectivity index (χ0n) is 14.9. The molecule has 1 saturated heterocycles. The maximum Gasteiger partial charge on any atom is 0.321 e. The van der Waals surface area contributed by atoms with Gasteiger partial charge in [-0.1, -0.05) is 17.3 Å². The van der Waals surface area contributed by atoms with Crippen LogP contribution in [-0.2, 0) is 11.3 Å². The molecular weight excluding hydrogens is 368 g/mol. The number of hydrogen-bond donors (Lipinski definition) is 2. The van der Waals surface area contributed by atoms with Crippen molar-refractivity contribution >= 4 is 23.3 Å². The Hall–Kier alpha value is -2.56. The van der Waals surface area contributed by atoms with E-state index in [1.54, 1.807) is 17.4 Å². The van der Waals surface area contributed by atoms with Gasteiger partial charge >= 0.3 is 6.03 Å². The van der Waals surface area contributed by atoms with Crippen molar-refractivity contribution < 1.29 is 14.1 Å². The third-order valence-electron chi connectivity index (χ3n) is 4.06. The van der Waals surface area contributed by atoms with Gasteiger partial charge in [0.15, 0.2) is 0 Å². The van der Waals surface area contributed by atoms with Gasteiger partial charge in [0.2, 0.25) is 17.6 Å². The maximum atomic E-state index is 11.9. The number of nitrogens with zero attached hydrogens (tertiary/aromatic N) is 4. The summed E-state index contributed by atoms with van der Waals surface area (Å²) < 4.78 is 5.33. The molecule has 0 spiro atoms. The highest BCUT2D eigenvalue weighted by molar-refractivity contribution is 7.13. The standard InChI is InChI=1S/C17H22N6O3S/c1-2-5-18-17(25)19-14(24)11-22-6-8-23(9-7-22)12-15-20-16(21-26-15)13-4-3-10-27-13/h2-4,10H,1,5-9,11-12H2,(H2,18,19,24,25). The molecule has 0 bridgehead atoms. The average Bonchev–Trinajstić information content (AvgIpc) is 3.33. The van der Waals surface area contributed by atoms with Crippen molar-refractivity contribution in [3.8, 4) is 10.7 Å². The summed E-state index contributed by atoms with van der Waals surface area (Å²) in [4.78, 5) is 33.0. The van der Waals surface area contributed by atoms with Gasteiger partial charge in [0.1, 0.15) is 0 Å². The molecule has 1 aliphatic heterocycles. The van der Waals surface area contributed by atoms with Gasteiger partial charge in [-0.3, -0.25) is 19.9 Å². The molecule has 0 saturated carbocycles. The zero-order valence-corrected chi connectivity index (χ0v) is 15.7. The number of piperazine rings is 1. The van der Waals surface area contributed by atoms with Gasteiger partial charge in [-0.2, -0.15) is 4.98 Å². The first-order valence-electron chi connectivity index (χ1n) is 8.64. The van der Waals surface area contributed by atoms with E-state index in [9.17, 15) is 9.59 Å². The molecule has 0 radical (unpaired) electrons. The largest absolute Gasteiger partial charge is 0.338 e. The lowest BCUT2D eigenvalue weighted by atomic mass is 10.3. The lowest BCUT2D eigenvalue weighted by Crippen LogP contribution is -2.50. The molecule has 2 N–H and O–H groups in total. The van der Waals surface area contributed by atoms with Crippen LogP contribution in [0.5, 0.6) is 0 Å². The van der Waals surface area contributed by atoms with E-state index in [-0.39, 0.29) is 12.5 Å². The summed E-state index contributed by atoms with van der Waals surface area (Å²) in [5, 5.41) is 10.8. The summed E-state index contributed by atoms with van der Waals surface area (Å²) in [6, 6.07) is 3.41. The summed E-state index contributed by atoms with van der Waals surface area (Å²) in [5.74, 6) is 0.885. The number of urea groups is 1. The molecule has 1 aliphatic rings. The van der Waals surface area contributed by atoms with E-state index in [0.717, 1.165) is 31.1 Å². The third kappa shape index (κ3) is 5.71. The molecule has 2 aromatic heterocycles. The number of thiophene rings is 1. The monoisotopic (exact) mass is 390 g/mol. The molecule has 3 rings (SSSR count). The van der Waals surface area contributed by atoms with E-state index in [1.165, 1.54) is 0 Å². The van der Waals surface area contributed by atoms with E-state index >= 15 is 0 Å². The van der Waals surface area contributed by atoms with Crippen LogP contribution in [0.2, 0.25) is 0 Å². The minimum atomic E-state index is -0.503. The topological polar surface area (TPSA) is 104 Å². The fraction of sp³-hybridized carbons (Fsp3) is 0.412. The Labute approximate surface area is 161 Å². The van der Waals surface area contributed by atoms with E-state index in [4.69, 9.17) is 4.52 Å². The predicted octanol–water partition coefficient (Wildman–Crippen LogP) is 0.928. The van der Waals surface area contributed by atoms with E-state index in [0.29, 0.717) is 24.8 Å². The average molecular weight is 390 g/mol. The normalized spacial score (nSPS) is 15.4. The first-order chi connectivity index (χ1) is 13.1. The SMILES string of the molecule is C=CCNC(=O)NC(=O)CN1CCN(Cc2nc(-c3cccs3)no2)CC1. The highest BCUT2D eigenvalue weighted by atomic mass is 32.1. The fourth-order valence-corrected chi connectivity index (χ4v) is 3.35. The molecule has 0 aromatic carbocycles. The Balaban J connectivity index is 1.39. The smallest absolute Gasteiger partial charge is 0.321 e. The molecular formula is C17H22N6O3S. The number of amides is 3. The second-order valence-corrected chi connectivity index (χ2v) is 7.04. The van der Waals surface area contributed by atoms with Crippen LogP contribution in [0.3, 0.4) is 0 Å². The molecule has 1 fully saturated rings. The van der Waals surface area contributed by atoms with E-state index in [1.807, 2.05) is 22.4 Å². The van der Waals surface area contributed by atoms with Gasteiger partial charge in [-0.25, -0.2) is 4.79 Å². The summed E-state index contributed by atoms with van der Waals surface area (Å²) >= 11 is 1.57. The van der Waals surface area contributed by atoms with Crippen molar-refractivity contribution in [2.24, 2.45) is 0 Å². The van der Waals surface area contributed by atoms with Gasteiger partial charge in [0.25, 0.3) is 0 Å². The second-order valence-electron chi connectivity index (χ2n) is 6.09. The molecule has 144 valence electrons. The Morgan fingerprint density at radius 1 is 1.30 bits per heavy atom. The Kier molecular flexibility index (Phi) is 6.69. The highest BCUT2D eigenvalue weighted by Gasteiger charge is 2.21. The van der Waals surface area contributed by atoms with Crippen LogP contribution in [0.4, 0.5) is 4.79 Å². The van der Waals surface area contributed by atoms with Crippen LogP contribution >= 0.6 is 11.3 Å².